The summed E-state index contributed by atoms with van der Waals surface area (Å²) in [5, 5.41) is 7.20. The molecule has 4 nitrogen and oxygen atoms in total. The molecule has 4 heteroatoms. The van der Waals surface area contributed by atoms with Crippen molar-refractivity contribution < 1.29 is 4.42 Å². The summed E-state index contributed by atoms with van der Waals surface area (Å²) in [6.45, 7) is 0. The molecule has 0 fully saturated rings. The smallest absolute Gasteiger partial charge is 0.164 e. The van der Waals surface area contributed by atoms with E-state index in [4.69, 9.17) is 19.4 Å². The fourth-order valence-electron chi connectivity index (χ4n) is 7.52. The van der Waals surface area contributed by atoms with Crippen molar-refractivity contribution in [2.75, 3.05) is 0 Å². The third-order valence-corrected chi connectivity index (χ3v) is 9.80. The minimum atomic E-state index is 0.611. The molecule has 0 saturated heterocycles. The Morgan fingerprint density at radius 3 is 1.86 bits per heavy atom. The maximum Gasteiger partial charge on any atom is 0.164 e. The zero-order valence-electron chi connectivity index (χ0n) is 26.6. The lowest BCUT2D eigenvalue weighted by molar-refractivity contribution is 0.670. The van der Waals surface area contributed by atoms with Crippen LogP contribution in [0.5, 0.6) is 0 Å². The number of furan rings is 1. The van der Waals surface area contributed by atoms with Crippen LogP contribution in [0.4, 0.5) is 0 Å². The van der Waals surface area contributed by atoms with Crippen molar-refractivity contribution in [1.29, 1.82) is 0 Å². The molecule has 0 saturated carbocycles. The highest BCUT2D eigenvalue weighted by molar-refractivity contribution is 6.18. The summed E-state index contributed by atoms with van der Waals surface area (Å²) >= 11 is 0. The van der Waals surface area contributed by atoms with E-state index in [2.05, 4.69) is 78.9 Å². The lowest BCUT2D eigenvalue weighted by Crippen LogP contribution is -2.00. The fraction of sp³-hybridized carbons (Fsp3) is 0.0444. The number of allylic oxidation sites excluding steroid dienone is 1. The summed E-state index contributed by atoms with van der Waals surface area (Å²) in [5.74, 6) is 1.88. The Morgan fingerprint density at radius 1 is 0.469 bits per heavy atom. The number of fused-ring (bicyclic) bond motifs is 9. The monoisotopic (exact) mass is 627 g/mol. The van der Waals surface area contributed by atoms with Crippen LogP contribution in [0.1, 0.15) is 17.5 Å². The van der Waals surface area contributed by atoms with Gasteiger partial charge in [-0.2, -0.15) is 0 Å². The van der Waals surface area contributed by atoms with Crippen LogP contribution in [-0.2, 0) is 6.42 Å². The fourth-order valence-corrected chi connectivity index (χ4v) is 7.52. The molecule has 1 aliphatic rings. The molecular weight excluding hydrogens is 599 g/mol. The van der Waals surface area contributed by atoms with E-state index in [1.165, 1.54) is 32.7 Å². The van der Waals surface area contributed by atoms with Crippen LogP contribution in [0, 0.1) is 0 Å². The maximum atomic E-state index is 6.74. The van der Waals surface area contributed by atoms with Crippen molar-refractivity contribution in [2.24, 2.45) is 0 Å². The van der Waals surface area contributed by atoms with Crippen LogP contribution in [0.25, 0.3) is 94.8 Å². The zero-order chi connectivity index (χ0) is 32.3. The standard InChI is InChI=1S/C45H29N3O/c1-3-13-28(14-4-1)43-46-44(29-15-5-2-6-16-29)48-45(47-43)38-26-25-31(42-41(38)37-21-11-12-22-40(37)49-42)30-23-24-36-34-19-8-7-17-32(34)33-18-9-10-20-35(33)39(36)27-30/h1-7,9-18,20-27H,8,19H2. The third kappa shape index (κ3) is 4.49. The van der Waals surface area contributed by atoms with Gasteiger partial charge in [-0.05, 0) is 75.3 Å². The van der Waals surface area contributed by atoms with Gasteiger partial charge in [0.25, 0.3) is 0 Å². The summed E-state index contributed by atoms with van der Waals surface area (Å²) in [7, 11) is 0. The Balaban J connectivity index is 1.23. The van der Waals surface area contributed by atoms with Gasteiger partial charge >= 0.3 is 0 Å². The van der Waals surface area contributed by atoms with Crippen LogP contribution in [0.15, 0.2) is 150 Å². The molecule has 1 aliphatic carbocycles. The molecule has 0 N–H and O–H groups in total. The first-order valence-corrected chi connectivity index (χ1v) is 16.8. The molecule has 7 aromatic carbocycles. The van der Waals surface area contributed by atoms with Gasteiger partial charge < -0.3 is 4.42 Å². The molecule has 0 spiro atoms. The summed E-state index contributed by atoms with van der Waals surface area (Å²) in [4.78, 5) is 15.1. The van der Waals surface area contributed by atoms with Gasteiger partial charge in [0.1, 0.15) is 11.2 Å². The summed E-state index contributed by atoms with van der Waals surface area (Å²) in [5.41, 5.74) is 9.39. The Morgan fingerprint density at radius 2 is 1.10 bits per heavy atom. The molecule has 2 heterocycles. The van der Waals surface area contributed by atoms with Crippen LogP contribution in [-0.4, -0.2) is 15.0 Å². The number of hydrogen-bond donors (Lipinski definition) is 0. The minimum absolute atomic E-state index is 0.611. The SMILES string of the molecule is C1=Cc2c(c3ccc(-c4ccc(-c5nc(-c6ccccc6)nc(-c6ccccc6)n5)c5c4oc4ccccc45)cc3c3ccccc23)CC1. The van der Waals surface area contributed by atoms with Gasteiger partial charge in [-0.25, -0.2) is 15.0 Å². The number of rotatable bonds is 4. The molecule has 0 amide bonds. The van der Waals surface area contributed by atoms with Crippen LogP contribution < -0.4 is 0 Å². The van der Waals surface area contributed by atoms with Gasteiger partial charge in [0.05, 0.1) is 0 Å². The highest BCUT2D eigenvalue weighted by Gasteiger charge is 2.22. The summed E-state index contributed by atoms with van der Waals surface area (Å²) in [6.07, 6.45) is 6.72. The van der Waals surface area contributed by atoms with Crippen molar-refractivity contribution in [2.45, 2.75) is 12.8 Å². The average molecular weight is 628 g/mol. The minimum Gasteiger partial charge on any atom is -0.455 e. The Kier molecular flexibility index (Phi) is 6.28. The van der Waals surface area contributed by atoms with Gasteiger partial charge in [0.2, 0.25) is 0 Å². The molecular formula is C45H29N3O. The molecule has 49 heavy (non-hydrogen) atoms. The molecule has 9 aromatic rings. The van der Waals surface area contributed by atoms with E-state index in [1.807, 2.05) is 72.8 Å². The average Bonchev–Trinajstić information content (AvgIpc) is 3.58. The molecule has 10 rings (SSSR count). The molecule has 230 valence electrons. The number of benzene rings is 7. The van der Waals surface area contributed by atoms with Crippen molar-refractivity contribution in [1.82, 2.24) is 15.0 Å². The maximum absolute atomic E-state index is 6.74. The van der Waals surface area contributed by atoms with E-state index >= 15 is 0 Å². The van der Waals surface area contributed by atoms with Crippen molar-refractivity contribution in [3.8, 4) is 45.3 Å². The van der Waals surface area contributed by atoms with Gasteiger partial charge in [0, 0.05) is 33.0 Å². The van der Waals surface area contributed by atoms with E-state index in [0.29, 0.717) is 17.5 Å². The second kappa shape index (κ2) is 11.1. The predicted octanol–water partition coefficient (Wildman–Crippen LogP) is 11.7. The Hall–Kier alpha value is -6.39. The lowest BCUT2D eigenvalue weighted by atomic mass is 9.85. The number of nitrogens with zero attached hydrogens (tertiary/aromatic N) is 3. The second-order valence-electron chi connectivity index (χ2n) is 12.6. The molecule has 2 aromatic heterocycles. The highest BCUT2D eigenvalue weighted by Crippen LogP contribution is 2.43. The van der Waals surface area contributed by atoms with Crippen molar-refractivity contribution >= 4 is 49.6 Å². The van der Waals surface area contributed by atoms with Gasteiger partial charge in [-0.15, -0.1) is 0 Å². The van der Waals surface area contributed by atoms with E-state index in [0.717, 1.165) is 62.6 Å². The zero-order valence-corrected chi connectivity index (χ0v) is 26.6. The largest absolute Gasteiger partial charge is 0.455 e. The quantitative estimate of drug-likeness (QED) is 0.182. The molecule has 0 bridgehead atoms. The lowest BCUT2D eigenvalue weighted by Gasteiger charge is -2.18. The molecule has 0 aliphatic heterocycles. The van der Waals surface area contributed by atoms with E-state index in [1.54, 1.807) is 0 Å². The van der Waals surface area contributed by atoms with E-state index in [9.17, 15) is 0 Å². The number of aromatic nitrogens is 3. The van der Waals surface area contributed by atoms with Crippen molar-refractivity contribution in [3.05, 3.63) is 157 Å². The van der Waals surface area contributed by atoms with Crippen molar-refractivity contribution in [3.63, 3.8) is 0 Å². The predicted molar refractivity (Wildman–Crippen MR) is 201 cm³/mol. The normalized spacial score (nSPS) is 12.7. The van der Waals surface area contributed by atoms with Crippen LogP contribution in [0.3, 0.4) is 0 Å². The third-order valence-electron chi connectivity index (χ3n) is 9.80. The number of hydrogen-bond acceptors (Lipinski definition) is 4. The second-order valence-corrected chi connectivity index (χ2v) is 12.6. The van der Waals surface area contributed by atoms with Gasteiger partial charge in [0.15, 0.2) is 17.5 Å². The number of aryl methyl sites for hydroxylation is 1. The first kappa shape index (κ1) is 27.7. The Labute approximate surface area is 283 Å². The first-order valence-electron chi connectivity index (χ1n) is 16.8. The summed E-state index contributed by atoms with van der Waals surface area (Å²) in [6, 6.07) is 48.5. The molecule has 0 radical (unpaired) electrons. The van der Waals surface area contributed by atoms with E-state index < -0.39 is 0 Å². The summed E-state index contributed by atoms with van der Waals surface area (Å²) < 4.78 is 6.74. The van der Waals surface area contributed by atoms with E-state index in [-0.39, 0.29) is 0 Å². The molecule has 0 atom stereocenters. The van der Waals surface area contributed by atoms with Gasteiger partial charge in [-0.3, -0.25) is 0 Å². The van der Waals surface area contributed by atoms with Gasteiger partial charge in [-0.1, -0.05) is 127 Å². The first-order chi connectivity index (χ1) is 24.3. The topological polar surface area (TPSA) is 51.8 Å². The van der Waals surface area contributed by atoms with Crippen LogP contribution >= 0.6 is 0 Å². The Bertz CT molecular complexity index is 2700. The van der Waals surface area contributed by atoms with Crippen LogP contribution in [0.2, 0.25) is 0 Å². The number of para-hydroxylation sites is 1. The highest BCUT2D eigenvalue weighted by atomic mass is 16.3. The molecule has 0 unspecified atom stereocenters.